The molecule has 3 aliphatic rings. The summed E-state index contributed by atoms with van der Waals surface area (Å²) in [7, 11) is 1.61. The second kappa shape index (κ2) is 6.88. The Kier molecular flexibility index (Phi) is 4.19. The van der Waals surface area contributed by atoms with E-state index in [9.17, 15) is 9.59 Å². The van der Waals surface area contributed by atoms with Crippen molar-refractivity contribution in [3.63, 3.8) is 0 Å². The molecule has 2 aliphatic carbocycles. The molecule has 1 aromatic carbocycles. The molecule has 2 amide bonds. The van der Waals surface area contributed by atoms with Crippen molar-refractivity contribution >= 4 is 28.4 Å². The molecule has 0 radical (unpaired) electrons. The zero-order chi connectivity index (χ0) is 20.0. The Morgan fingerprint density at radius 1 is 1.21 bits per heavy atom. The number of ether oxygens (including phenoxy) is 1. The van der Waals surface area contributed by atoms with Crippen LogP contribution in [0.1, 0.15) is 36.2 Å². The molecular weight excluding hydrogens is 366 g/mol. The molecule has 2 aromatic rings. The number of aromatic nitrogens is 1. The van der Waals surface area contributed by atoms with Gasteiger partial charge in [0.2, 0.25) is 0 Å². The molecule has 0 saturated heterocycles. The van der Waals surface area contributed by atoms with Crippen LogP contribution in [-0.2, 0) is 4.79 Å². The number of rotatable bonds is 2. The number of carbonyl (C=O) groups excluding carboxylic acids is 2. The summed E-state index contributed by atoms with van der Waals surface area (Å²) in [4.78, 5) is 32.5. The molecule has 2 heterocycles. The first-order valence-corrected chi connectivity index (χ1v) is 9.85. The topological polar surface area (TPSA) is 83.5 Å². The van der Waals surface area contributed by atoms with Crippen LogP contribution in [0.2, 0.25) is 0 Å². The highest BCUT2D eigenvalue weighted by molar-refractivity contribution is 6.14. The van der Waals surface area contributed by atoms with Crippen molar-refractivity contribution < 1.29 is 14.3 Å². The molecule has 0 bridgehead atoms. The number of H-pyrrole nitrogens is 1. The van der Waals surface area contributed by atoms with E-state index in [1.54, 1.807) is 13.2 Å². The predicted molar refractivity (Wildman–Crippen MR) is 111 cm³/mol. The molecular formula is C23H21N3O3. The SMILES string of the molecule is COc1ccc2cc(C(=O)N=C3C=CC4C(=C3)NC(=O)C3=C4CCCC3)[nH]c2c1. The molecule has 5 rings (SSSR count). The van der Waals surface area contributed by atoms with Gasteiger partial charge in [0.25, 0.3) is 11.8 Å². The summed E-state index contributed by atoms with van der Waals surface area (Å²) in [6, 6.07) is 7.38. The molecule has 0 saturated carbocycles. The number of hydrogen-bond acceptors (Lipinski definition) is 3. The molecule has 6 heteroatoms. The summed E-state index contributed by atoms with van der Waals surface area (Å²) >= 11 is 0. The van der Waals surface area contributed by atoms with Crippen molar-refractivity contribution in [2.24, 2.45) is 10.9 Å². The number of aromatic amines is 1. The Labute approximate surface area is 168 Å². The van der Waals surface area contributed by atoms with E-state index in [1.807, 2.05) is 36.4 Å². The number of methoxy groups -OCH3 is 1. The lowest BCUT2D eigenvalue weighted by Gasteiger charge is -2.33. The van der Waals surface area contributed by atoms with Crippen LogP contribution in [-0.4, -0.2) is 29.6 Å². The van der Waals surface area contributed by atoms with Gasteiger partial charge in [0.05, 0.1) is 12.8 Å². The largest absolute Gasteiger partial charge is 0.497 e. The van der Waals surface area contributed by atoms with Crippen LogP contribution < -0.4 is 10.1 Å². The van der Waals surface area contributed by atoms with Gasteiger partial charge >= 0.3 is 0 Å². The zero-order valence-corrected chi connectivity index (χ0v) is 16.1. The van der Waals surface area contributed by atoms with Crippen molar-refractivity contribution in [2.45, 2.75) is 25.7 Å². The van der Waals surface area contributed by atoms with Gasteiger partial charge in [-0.05, 0) is 61.6 Å². The van der Waals surface area contributed by atoms with Crippen molar-refractivity contribution in [1.82, 2.24) is 10.3 Å². The number of hydrogen-bond donors (Lipinski definition) is 2. The normalized spacial score (nSPS) is 22.2. The lowest BCUT2D eigenvalue weighted by atomic mass is 9.77. The highest BCUT2D eigenvalue weighted by Gasteiger charge is 2.33. The first kappa shape index (κ1) is 17.7. The third-order valence-corrected chi connectivity index (χ3v) is 5.81. The molecule has 2 N–H and O–H groups in total. The van der Waals surface area contributed by atoms with Crippen LogP contribution in [0.5, 0.6) is 5.75 Å². The van der Waals surface area contributed by atoms with E-state index in [1.165, 1.54) is 5.57 Å². The van der Waals surface area contributed by atoms with Crippen molar-refractivity contribution in [3.05, 3.63) is 65.0 Å². The van der Waals surface area contributed by atoms with Crippen molar-refractivity contribution in [3.8, 4) is 5.75 Å². The second-order valence-corrected chi connectivity index (χ2v) is 7.58. The minimum atomic E-state index is -0.352. The van der Waals surface area contributed by atoms with Crippen molar-refractivity contribution in [2.75, 3.05) is 7.11 Å². The monoisotopic (exact) mass is 387 g/mol. The highest BCUT2D eigenvalue weighted by Crippen LogP contribution is 2.38. The second-order valence-electron chi connectivity index (χ2n) is 7.58. The maximum absolute atomic E-state index is 12.7. The van der Waals surface area contributed by atoms with E-state index >= 15 is 0 Å². The van der Waals surface area contributed by atoms with E-state index in [0.717, 1.165) is 53.6 Å². The zero-order valence-electron chi connectivity index (χ0n) is 16.1. The van der Waals surface area contributed by atoms with Crippen LogP contribution >= 0.6 is 0 Å². The van der Waals surface area contributed by atoms with Gasteiger partial charge in [-0.1, -0.05) is 6.08 Å². The van der Waals surface area contributed by atoms with E-state index in [2.05, 4.69) is 15.3 Å². The fourth-order valence-electron chi connectivity index (χ4n) is 4.35. The maximum atomic E-state index is 12.7. The number of fused-ring (bicyclic) bond motifs is 3. The molecule has 146 valence electrons. The molecule has 6 nitrogen and oxygen atoms in total. The minimum absolute atomic E-state index is 0.00672. The van der Waals surface area contributed by atoms with E-state index in [-0.39, 0.29) is 17.7 Å². The van der Waals surface area contributed by atoms with E-state index < -0.39 is 0 Å². The summed E-state index contributed by atoms with van der Waals surface area (Å²) in [6.45, 7) is 0. The standard InChI is InChI=1S/C23H21N3O3/c1-29-15-8-6-13-10-21(25-19(13)12-15)23(28)24-14-7-9-17-16-4-2-3-5-18(16)22(27)26-20(17)11-14/h6-12,17,25H,2-5H2,1H3,(H,26,27). The van der Waals surface area contributed by atoms with Gasteiger partial charge in [-0.2, -0.15) is 0 Å². The van der Waals surface area contributed by atoms with E-state index in [4.69, 9.17) is 4.74 Å². The number of allylic oxidation sites excluding steroid dienone is 3. The molecule has 1 unspecified atom stereocenters. The fraction of sp³-hybridized carbons (Fsp3) is 0.261. The number of benzene rings is 1. The smallest absolute Gasteiger partial charge is 0.293 e. The quantitative estimate of drug-likeness (QED) is 0.821. The van der Waals surface area contributed by atoms with Crippen LogP contribution in [0.25, 0.3) is 10.9 Å². The molecule has 0 spiro atoms. The average molecular weight is 387 g/mol. The lowest BCUT2D eigenvalue weighted by molar-refractivity contribution is -0.117. The maximum Gasteiger partial charge on any atom is 0.293 e. The van der Waals surface area contributed by atoms with Gasteiger partial charge in [-0.15, -0.1) is 0 Å². The van der Waals surface area contributed by atoms with Crippen LogP contribution in [0.4, 0.5) is 0 Å². The van der Waals surface area contributed by atoms with Crippen LogP contribution in [0, 0.1) is 5.92 Å². The Bertz CT molecular complexity index is 1160. The summed E-state index contributed by atoms with van der Waals surface area (Å²) < 4.78 is 5.22. The Morgan fingerprint density at radius 2 is 2.07 bits per heavy atom. The summed E-state index contributed by atoms with van der Waals surface area (Å²) in [6.07, 6.45) is 9.71. The minimum Gasteiger partial charge on any atom is -0.497 e. The van der Waals surface area contributed by atoms with Gasteiger partial charge in [0, 0.05) is 34.2 Å². The molecule has 1 aromatic heterocycles. The lowest BCUT2D eigenvalue weighted by Crippen LogP contribution is -2.37. The molecule has 0 fully saturated rings. The number of amides is 2. The Balaban J connectivity index is 1.43. The van der Waals surface area contributed by atoms with Crippen LogP contribution in [0.15, 0.2) is 64.3 Å². The summed E-state index contributed by atoms with van der Waals surface area (Å²) in [5.41, 5.74) is 4.75. The number of aliphatic imine (C=N–C) groups is 1. The fourth-order valence-corrected chi connectivity index (χ4v) is 4.35. The van der Waals surface area contributed by atoms with Crippen LogP contribution in [0.3, 0.4) is 0 Å². The third kappa shape index (κ3) is 3.10. The van der Waals surface area contributed by atoms with Crippen molar-refractivity contribution in [1.29, 1.82) is 0 Å². The predicted octanol–water partition coefficient (Wildman–Crippen LogP) is 3.83. The Hall–Kier alpha value is -3.41. The van der Waals surface area contributed by atoms with Gasteiger partial charge < -0.3 is 15.0 Å². The number of nitrogens with one attached hydrogen (secondary N) is 2. The van der Waals surface area contributed by atoms with Gasteiger partial charge in [-0.25, -0.2) is 4.99 Å². The van der Waals surface area contributed by atoms with Gasteiger partial charge in [0.1, 0.15) is 11.4 Å². The number of carbonyl (C=O) groups is 2. The average Bonchev–Trinajstić information content (AvgIpc) is 3.17. The molecule has 1 aliphatic heterocycles. The first-order valence-electron chi connectivity index (χ1n) is 9.85. The summed E-state index contributed by atoms with van der Waals surface area (Å²) in [5, 5.41) is 3.91. The highest BCUT2D eigenvalue weighted by atomic mass is 16.5. The Morgan fingerprint density at radius 3 is 2.93 bits per heavy atom. The third-order valence-electron chi connectivity index (χ3n) is 5.81. The summed E-state index contributed by atoms with van der Waals surface area (Å²) in [5.74, 6) is 0.459. The van der Waals surface area contributed by atoms with Gasteiger partial charge in [0.15, 0.2) is 0 Å². The first-order chi connectivity index (χ1) is 14.1. The molecule has 1 atom stereocenters. The van der Waals surface area contributed by atoms with E-state index in [0.29, 0.717) is 11.4 Å². The number of nitrogens with zero attached hydrogens (tertiary/aromatic N) is 1. The van der Waals surface area contributed by atoms with Gasteiger partial charge in [-0.3, -0.25) is 9.59 Å². The molecule has 29 heavy (non-hydrogen) atoms.